The normalized spacial score (nSPS) is 15.0. The summed E-state index contributed by atoms with van der Waals surface area (Å²) in [6.07, 6.45) is -0.724. The fraction of sp³-hybridized carbons (Fsp3) is 0.556. The standard InChI is InChI=1S/C18H24F3N3O3/c1-24(12-13-6-2-5-9-15(13)27-18(19,20)21)11-10-16(25)23-17(26)22-14-7-3-4-8-14/h2,5-6,9,14H,3-4,7-8,10-12H2,1H3,(H2,22,23,25,26). The van der Waals surface area contributed by atoms with Gasteiger partial charge in [0.2, 0.25) is 5.91 Å². The van der Waals surface area contributed by atoms with Crippen molar-refractivity contribution in [2.75, 3.05) is 13.6 Å². The van der Waals surface area contributed by atoms with Crippen LogP contribution in [-0.2, 0) is 11.3 Å². The van der Waals surface area contributed by atoms with Gasteiger partial charge in [-0.2, -0.15) is 0 Å². The second-order valence-corrected chi connectivity index (χ2v) is 6.65. The molecule has 2 N–H and O–H groups in total. The van der Waals surface area contributed by atoms with Gasteiger partial charge in [-0.25, -0.2) is 4.79 Å². The molecule has 0 unspecified atom stereocenters. The number of carbonyl (C=O) groups excluding carboxylic acids is 2. The third-order valence-corrected chi connectivity index (χ3v) is 4.30. The summed E-state index contributed by atoms with van der Waals surface area (Å²) >= 11 is 0. The monoisotopic (exact) mass is 387 g/mol. The largest absolute Gasteiger partial charge is 0.573 e. The van der Waals surface area contributed by atoms with E-state index in [-0.39, 0.29) is 31.3 Å². The van der Waals surface area contributed by atoms with Gasteiger partial charge >= 0.3 is 12.4 Å². The molecule has 1 fully saturated rings. The number of hydrogen-bond acceptors (Lipinski definition) is 4. The molecule has 1 aliphatic carbocycles. The van der Waals surface area contributed by atoms with Crippen LogP contribution in [0.1, 0.15) is 37.7 Å². The van der Waals surface area contributed by atoms with E-state index in [1.165, 1.54) is 18.2 Å². The summed E-state index contributed by atoms with van der Waals surface area (Å²) in [5.74, 6) is -0.700. The van der Waals surface area contributed by atoms with E-state index >= 15 is 0 Å². The highest BCUT2D eigenvalue weighted by molar-refractivity contribution is 5.94. The van der Waals surface area contributed by atoms with Crippen molar-refractivity contribution in [1.29, 1.82) is 0 Å². The van der Waals surface area contributed by atoms with Gasteiger partial charge < -0.3 is 15.0 Å². The first-order valence-corrected chi connectivity index (χ1v) is 8.85. The topological polar surface area (TPSA) is 70.7 Å². The molecule has 27 heavy (non-hydrogen) atoms. The molecular formula is C18H24F3N3O3. The van der Waals surface area contributed by atoms with Crippen LogP contribution >= 0.6 is 0 Å². The first kappa shape index (κ1) is 21.0. The number of carbonyl (C=O) groups is 2. The lowest BCUT2D eigenvalue weighted by Gasteiger charge is -2.19. The highest BCUT2D eigenvalue weighted by Gasteiger charge is 2.32. The molecule has 0 spiro atoms. The number of urea groups is 1. The van der Waals surface area contributed by atoms with Crippen molar-refractivity contribution >= 4 is 11.9 Å². The molecule has 0 saturated heterocycles. The Hall–Kier alpha value is -2.29. The average Bonchev–Trinajstić information content (AvgIpc) is 3.06. The van der Waals surface area contributed by atoms with Crippen LogP contribution in [0.25, 0.3) is 0 Å². The molecule has 0 bridgehead atoms. The Morgan fingerprint density at radius 2 is 1.89 bits per heavy atom. The van der Waals surface area contributed by atoms with E-state index in [0.29, 0.717) is 5.56 Å². The van der Waals surface area contributed by atoms with E-state index in [4.69, 9.17) is 0 Å². The lowest BCUT2D eigenvalue weighted by atomic mass is 10.2. The number of amides is 3. The number of rotatable bonds is 7. The van der Waals surface area contributed by atoms with Crippen molar-refractivity contribution in [3.63, 3.8) is 0 Å². The summed E-state index contributed by atoms with van der Waals surface area (Å²) in [5, 5.41) is 5.04. The Balaban J connectivity index is 1.76. The number of hydrogen-bond donors (Lipinski definition) is 2. The highest BCUT2D eigenvalue weighted by atomic mass is 19.4. The van der Waals surface area contributed by atoms with E-state index in [2.05, 4.69) is 15.4 Å². The summed E-state index contributed by atoms with van der Waals surface area (Å²) in [6.45, 7) is 0.455. The molecule has 0 atom stereocenters. The van der Waals surface area contributed by atoms with Crippen LogP contribution in [0.4, 0.5) is 18.0 Å². The van der Waals surface area contributed by atoms with Crippen LogP contribution in [-0.4, -0.2) is 42.8 Å². The molecule has 0 radical (unpaired) electrons. The summed E-state index contributed by atoms with van der Waals surface area (Å²) in [7, 11) is 1.68. The fourth-order valence-electron chi connectivity index (χ4n) is 3.00. The summed E-state index contributed by atoms with van der Waals surface area (Å²) < 4.78 is 41.4. The quantitative estimate of drug-likeness (QED) is 0.754. The molecule has 1 aliphatic rings. The molecule has 9 heteroatoms. The Bertz CT molecular complexity index is 646. The molecule has 2 rings (SSSR count). The highest BCUT2D eigenvalue weighted by Crippen LogP contribution is 2.26. The van der Waals surface area contributed by atoms with Crippen LogP contribution in [0, 0.1) is 0 Å². The van der Waals surface area contributed by atoms with Crippen LogP contribution in [0.5, 0.6) is 5.75 Å². The molecule has 150 valence electrons. The predicted molar refractivity (Wildman–Crippen MR) is 93.0 cm³/mol. The van der Waals surface area contributed by atoms with Gasteiger partial charge in [0.1, 0.15) is 5.75 Å². The fourth-order valence-corrected chi connectivity index (χ4v) is 3.00. The zero-order valence-electron chi connectivity index (χ0n) is 15.1. The summed E-state index contributed by atoms with van der Waals surface area (Å²) in [4.78, 5) is 25.3. The number of imide groups is 1. The number of ether oxygens (including phenoxy) is 1. The number of nitrogens with one attached hydrogen (secondary N) is 2. The third-order valence-electron chi connectivity index (χ3n) is 4.30. The number of para-hydroxylation sites is 1. The minimum absolute atomic E-state index is 0.0525. The van der Waals surface area contributed by atoms with Gasteiger partial charge in [-0.15, -0.1) is 13.2 Å². The van der Waals surface area contributed by atoms with Gasteiger partial charge in [-0.1, -0.05) is 31.0 Å². The number of benzene rings is 1. The molecule has 0 aliphatic heterocycles. The Labute approximate surface area is 156 Å². The van der Waals surface area contributed by atoms with Gasteiger partial charge in [0.05, 0.1) is 0 Å². The van der Waals surface area contributed by atoms with E-state index in [0.717, 1.165) is 25.7 Å². The Kier molecular flexibility index (Phi) is 7.46. The van der Waals surface area contributed by atoms with Crippen molar-refractivity contribution in [2.24, 2.45) is 0 Å². The molecule has 6 nitrogen and oxygen atoms in total. The molecule has 1 aromatic rings. The Morgan fingerprint density at radius 1 is 1.22 bits per heavy atom. The van der Waals surface area contributed by atoms with E-state index in [9.17, 15) is 22.8 Å². The second-order valence-electron chi connectivity index (χ2n) is 6.65. The van der Waals surface area contributed by atoms with Crippen molar-refractivity contribution in [3.8, 4) is 5.75 Å². The van der Waals surface area contributed by atoms with Crippen LogP contribution in [0.2, 0.25) is 0 Å². The lowest BCUT2D eigenvalue weighted by Crippen LogP contribution is -2.44. The van der Waals surface area contributed by atoms with Gasteiger partial charge in [-0.05, 0) is 26.0 Å². The summed E-state index contributed by atoms with van der Waals surface area (Å²) in [5.41, 5.74) is 0.358. The van der Waals surface area contributed by atoms with Gasteiger partial charge in [0.25, 0.3) is 0 Å². The van der Waals surface area contributed by atoms with Crippen LogP contribution in [0.3, 0.4) is 0 Å². The second kappa shape index (κ2) is 9.59. The van der Waals surface area contributed by atoms with Crippen molar-refractivity contribution in [1.82, 2.24) is 15.5 Å². The predicted octanol–water partition coefficient (Wildman–Crippen LogP) is 3.18. The van der Waals surface area contributed by atoms with E-state index < -0.39 is 18.3 Å². The molecule has 3 amide bonds. The Morgan fingerprint density at radius 3 is 2.56 bits per heavy atom. The maximum atomic E-state index is 12.5. The molecule has 0 heterocycles. The van der Waals surface area contributed by atoms with Gasteiger partial charge in [0, 0.05) is 31.1 Å². The maximum absolute atomic E-state index is 12.5. The first-order chi connectivity index (χ1) is 12.7. The third kappa shape index (κ3) is 7.86. The van der Waals surface area contributed by atoms with Crippen molar-refractivity contribution in [3.05, 3.63) is 29.8 Å². The molecule has 1 saturated carbocycles. The van der Waals surface area contributed by atoms with Gasteiger partial charge in [-0.3, -0.25) is 10.1 Å². The minimum atomic E-state index is -4.76. The van der Waals surface area contributed by atoms with Crippen LogP contribution in [0.15, 0.2) is 24.3 Å². The zero-order valence-corrected chi connectivity index (χ0v) is 15.1. The smallest absolute Gasteiger partial charge is 0.405 e. The number of halogens is 3. The lowest BCUT2D eigenvalue weighted by molar-refractivity contribution is -0.275. The number of nitrogens with zero attached hydrogens (tertiary/aromatic N) is 1. The maximum Gasteiger partial charge on any atom is 0.573 e. The zero-order chi connectivity index (χ0) is 19.9. The molecule has 1 aromatic carbocycles. The minimum Gasteiger partial charge on any atom is -0.405 e. The first-order valence-electron chi connectivity index (χ1n) is 8.85. The molecule has 0 aromatic heterocycles. The molecular weight excluding hydrogens is 363 g/mol. The average molecular weight is 387 g/mol. The van der Waals surface area contributed by atoms with Crippen molar-refractivity contribution < 1.29 is 27.5 Å². The van der Waals surface area contributed by atoms with Crippen molar-refractivity contribution in [2.45, 2.75) is 51.1 Å². The van der Waals surface area contributed by atoms with E-state index in [1.807, 2.05) is 0 Å². The number of alkyl halides is 3. The van der Waals surface area contributed by atoms with Crippen LogP contribution < -0.4 is 15.4 Å². The summed E-state index contributed by atoms with van der Waals surface area (Å²) in [6, 6.07) is 5.47. The van der Waals surface area contributed by atoms with E-state index in [1.54, 1.807) is 18.0 Å². The van der Waals surface area contributed by atoms with Gasteiger partial charge in [0.15, 0.2) is 0 Å². The SMILES string of the molecule is CN(CCC(=O)NC(=O)NC1CCCC1)Cc1ccccc1OC(F)(F)F.